The topological polar surface area (TPSA) is 63.7 Å². The van der Waals surface area contributed by atoms with Crippen molar-refractivity contribution >= 4 is 44.9 Å². The fourth-order valence-electron chi connectivity index (χ4n) is 1.48. The molecule has 1 aromatic rings. The molecule has 0 aliphatic rings. The Hall–Kier alpha value is -0.980. The smallest absolute Gasteiger partial charge is 0.327 e. The molecule has 0 atom stereocenters. The first-order valence-electron chi connectivity index (χ1n) is 5.73. The van der Waals surface area contributed by atoms with Crippen LogP contribution < -0.4 is 4.31 Å². The van der Waals surface area contributed by atoms with Crippen molar-refractivity contribution in [1.29, 1.82) is 0 Å². The zero-order valence-corrected chi connectivity index (χ0v) is 13.6. The van der Waals surface area contributed by atoms with E-state index in [0.717, 1.165) is 10.6 Å². The summed E-state index contributed by atoms with van der Waals surface area (Å²) in [6.07, 6.45) is 0.645. The maximum Gasteiger partial charge on any atom is 0.327 e. The highest BCUT2D eigenvalue weighted by Gasteiger charge is 2.24. The van der Waals surface area contributed by atoms with E-state index in [1.165, 1.54) is 18.2 Å². The molecule has 0 bridgehead atoms. The van der Waals surface area contributed by atoms with Gasteiger partial charge in [0.2, 0.25) is 10.0 Å². The van der Waals surface area contributed by atoms with Crippen LogP contribution in [0.3, 0.4) is 0 Å². The van der Waals surface area contributed by atoms with Crippen LogP contribution in [0.1, 0.15) is 13.8 Å². The minimum absolute atomic E-state index is 0.141. The molecule has 0 aromatic heterocycles. The fraction of sp³-hybridized carbons (Fsp3) is 0.417. The Morgan fingerprint density at radius 2 is 1.95 bits per heavy atom. The van der Waals surface area contributed by atoms with Crippen molar-refractivity contribution in [2.24, 2.45) is 0 Å². The Morgan fingerprint density at radius 3 is 2.45 bits per heavy atom. The third-order valence-corrected chi connectivity index (χ3v) is 3.90. The molecule has 0 aliphatic carbocycles. The summed E-state index contributed by atoms with van der Waals surface area (Å²) >= 11 is 11.8. The Kier molecular flexibility index (Phi) is 5.68. The molecule has 0 aliphatic heterocycles. The van der Waals surface area contributed by atoms with Gasteiger partial charge < -0.3 is 4.74 Å². The largest absolute Gasteiger partial charge is 0.462 e. The first-order chi connectivity index (χ1) is 9.11. The monoisotopic (exact) mass is 339 g/mol. The van der Waals surface area contributed by atoms with Gasteiger partial charge in [-0.25, -0.2) is 8.42 Å². The number of nitrogens with zero attached hydrogens (tertiary/aromatic N) is 1. The van der Waals surface area contributed by atoms with Gasteiger partial charge in [0.05, 0.1) is 23.1 Å². The highest BCUT2D eigenvalue weighted by Crippen LogP contribution is 2.30. The summed E-state index contributed by atoms with van der Waals surface area (Å²) in [7, 11) is -3.70. The maximum absolute atomic E-state index is 11.8. The number of sulfonamides is 1. The van der Waals surface area contributed by atoms with Crippen LogP contribution in [0.4, 0.5) is 5.69 Å². The summed E-state index contributed by atoms with van der Waals surface area (Å²) in [5, 5.41) is 0.493. The molecule has 0 unspecified atom stereocenters. The Balaban J connectivity index is 3.14. The summed E-state index contributed by atoms with van der Waals surface area (Å²) in [6, 6.07) is 4.37. The van der Waals surface area contributed by atoms with Crippen molar-refractivity contribution in [3.63, 3.8) is 0 Å². The highest BCUT2D eigenvalue weighted by atomic mass is 35.5. The number of carbonyl (C=O) groups is 1. The predicted octanol–water partition coefficient (Wildman–Crippen LogP) is 2.71. The SMILES string of the molecule is CC(C)OC(=O)CN(c1cc(Cl)ccc1Cl)S(C)(=O)=O. The van der Waals surface area contributed by atoms with Crippen molar-refractivity contribution in [3.05, 3.63) is 28.2 Å². The standard InChI is InChI=1S/C12H15Cl2NO4S/c1-8(2)19-12(16)7-15(20(3,17)18)11-6-9(13)4-5-10(11)14/h4-6,8H,7H2,1-3H3. The summed E-state index contributed by atoms with van der Waals surface area (Å²) in [5.74, 6) is -0.665. The van der Waals surface area contributed by atoms with Gasteiger partial charge in [0.15, 0.2) is 0 Å². The lowest BCUT2D eigenvalue weighted by Crippen LogP contribution is -2.36. The average Bonchev–Trinajstić information content (AvgIpc) is 2.27. The molecule has 0 amide bonds. The number of hydrogen-bond donors (Lipinski definition) is 0. The van der Waals surface area contributed by atoms with Crippen LogP contribution in [0, 0.1) is 0 Å². The van der Waals surface area contributed by atoms with E-state index < -0.39 is 22.5 Å². The molecule has 1 aromatic carbocycles. The molecule has 0 heterocycles. The van der Waals surface area contributed by atoms with Gasteiger partial charge in [0.25, 0.3) is 0 Å². The summed E-state index contributed by atoms with van der Waals surface area (Å²) < 4.78 is 29.5. The van der Waals surface area contributed by atoms with Gasteiger partial charge in [0, 0.05) is 5.02 Å². The van der Waals surface area contributed by atoms with E-state index in [1.807, 2.05) is 0 Å². The van der Waals surface area contributed by atoms with E-state index in [2.05, 4.69) is 0 Å². The minimum atomic E-state index is -3.70. The van der Waals surface area contributed by atoms with Gasteiger partial charge in [0.1, 0.15) is 6.54 Å². The van der Waals surface area contributed by atoms with Crippen LogP contribution in [0.25, 0.3) is 0 Å². The lowest BCUT2D eigenvalue weighted by Gasteiger charge is -2.23. The normalized spacial score (nSPS) is 11.5. The van der Waals surface area contributed by atoms with Gasteiger partial charge in [-0.3, -0.25) is 9.10 Å². The van der Waals surface area contributed by atoms with E-state index in [-0.39, 0.29) is 16.8 Å². The molecule has 0 fully saturated rings. The minimum Gasteiger partial charge on any atom is -0.462 e. The Bertz CT molecular complexity index is 601. The van der Waals surface area contributed by atoms with E-state index in [0.29, 0.717) is 5.02 Å². The molecule has 112 valence electrons. The van der Waals surface area contributed by atoms with Crippen LogP contribution >= 0.6 is 23.2 Å². The van der Waals surface area contributed by atoms with Gasteiger partial charge in [-0.15, -0.1) is 0 Å². The second-order valence-electron chi connectivity index (χ2n) is 4.40. The number of esters is 1. The number of rotatable bonds is 5. The quantitative estimate of drug-likeness (QED) is 0.773. The van der Waals surface area contributed by atoms with E-state index in [4.69, 9.17) is 27.9 Å². The summed E-state index contributed by atoms with van der Waals surface area (Å²) in [4.78, 5) is 11.7. The Morgan fingerprint density at radius 1 is 1.35 bits per heavy atom. The third kappa shape index (κ3) is 4.85. The fourth-order valence-corrected chi connectivity index (χ4v) is 2.76. The van der Waals surface area contributed by atoms with Crippen LogP contribution in [-0.2, 0) is 19.6 Å². The molecule has 0 spiro atoms. The zero-order valence-electron chi connectivity index (χ0n) is 11.3. The molecule has 0 saturated heterocycles. The van der Waals surface area contributed by atoms with Gasteiger partial charge in [-0.2, -0.15) is 0 Å². The molecule has 0 N–H and O–H groups in total. The van der Waals surface area contributed by atoms with Crippen LogP contribution in [0.5, 0.6) is 0 Å². The molecule has 8 heteroatoms. The third-order valence-electron chi connectivity index (χ3n) is 2.22. The second kappa shape index (κ2) is 6.65. The summed E-state index contributed by atoms with van der Waals surface area (Å²) in [5.41, 5.74) is 0.141. The Labute approximate surface area is 128 Å². The first kappa shape index (κ1) is 17.1. The number of anilines is 1. The molecule has 1 rings (SSSR count). The molecule has 5 nitrogen and oxygen atoms in total. The second-order valence-corrected chi connectivity index (χ2v) is 7.15. The van der Waals surface area contributed by atoms with Gasteiger partial charge in [-0.05, 0) is 32.0 Å². The molecule has 0 saturated carbocycles. The van der Waals surface area contributed by atoms with Crippen LogP contribution in [0.15, 0.2) is 18.2 Å². The number of ether oxygens (including phenoxy) is 1. The first-order valence-corrected chi connectivity index (χ1v) is 8.34. The van der Waals surface area contributed by atoms with E-state index in [9.17, 15) is 13.2 Å². The van der Waals surface area contributed by atoms with Crippen molar-refractivity contribution in [3.8, 4) is 0 Å². The maximum atomic E-state index is 11.8. The van der Waals surface area contributed by atoms with Gasteiger partial charge >= 0.3 is 5.97 Å². The predicted molar refractivity (Wildman–Crippen MR) is 79.9 cm³/mol. The number of carbonyl (C=O) groups excluding carboxylic acids is 1. The molecule has 20 heavy (non-hydrogen) atoms. The average molecular weight is 340 g/mol. The van der Waals surface area contributed by atoms with Crippen molar-refractivity contribution in [2.45, 2.75) is 20.0 Å². The number of halogens is 2. The van der Waals surface area contributed by atoms with E-state index in [1.54, 1.807) is 13.8 Å². The van der Waals surface area contributed by atoms with Crippen LogP contribution in [0.2, 0.25) is 10.0 Å². The molecular weight excluding hydrogens is 325 g/mol. The molecular formula is C12H15Cl2NO4S. The zero-order chi connectivity index (χ0) is 15.5. The highest BCUT2D eigenvalue weighted by molar-refractivity contribution is 7.92. The number of hydrogen-bond acceptors (Lipinski definition) is 4. The van der Waals surface area contributed by atoms with Gasteiger partial charge in [-0.1, -0.05) is 23.2 Å². The van der Waals surface area contributed by atoms with Crippen molar-refractivity contribution in [2.75, 3.05) is 17.1 Å². The van der Waals surface area contributed by atoms with Crippen molar-refractivity contribution < 1.29 is 17.9 Å². The molecule has 0 radical (unpaired) electrons. The van der Waals surface area contributed by atoms with Crippen molar-refractivity contribution in [1.82, 2.24) is 0 Å². The number of benzene rings is 1. The summed E-state index contributed by atoms with van der Waals surface area (Å²) in [6.45, 7) is 2.89. The van der Waals surface area contributed by atoms with E-state index >= 15 is 0 Å². The lowest BCUT2D eigenvalue weighted by molar-refractivity contribution is -0.145. The lowest BCUT2D eigenvalue weighted by atomic mass is 10.3. The van der Waals surface area contributed by atoms with Crippen LogP contribution in [-0.4, -0.2) is 33.3 Å².